The molecule has 2 fully saturated rings. The van der Waals surface area contributed by atoms with Crippen molar-refractivity contribution in [2.24, 2.45) is 11.3 Å². The zero-order valence-electron chi connectivity index (χ0n) is 10.8. The van der Waals surface area contributed by atoms with E-state index in [1.54, 1.807) is 0 Å². The highest BCUT2D eigenvalue weighted by Crippen LogP contribution is 2.48. The van der Waals surface area contributed by atoms with Crippen molar-refractivity contribution in [2.45, 2.75) is 57.4 Å². The molecule has 17 heavy (non-hydrogen) atoms. The lowest BCUT2D eigenvalue weighted by molar-refractivity contribution is 0.1000. The van der Waals surface area contributed by atoms with E-state index in [9.17, 15) is 5.11 Å². The zero-order chi connectivity index (χ0) is 12.4. The molecule has 2 N–H and O–H groups in total. The third kappa shape index (κ3) is 3.00. The summed E-state index contributed by atoms with van der Waals surface area (Å²) in [6, 6.07) is 2.29. The number of nitriles is 1. The van der Waals surface area contributed by atoms with Crippen molar-refractivity contribution in [3.05, 3.63) is 0 Å². The van der Waals surface area contributed by atoms with Gasteiger partial charge in [-0.05, 0) is 49.9 Å². The molecule has 0 spiro atoms. The Kier molecular flexibility index (Phi) is 3.75. The summed E-state index contributed by atoms with van der Waals surface area (Å²) in [5.74, 6) is 0.797. The molecule has 3 nitrogen and oxygen atoms in total. The van der Waals surface area contributed by atoms with E-state index in [0.717, 1.165) is 25.3 Å². The van der Waals surface area contributed by atoms with Gasteiger partial charge in [-0.1, -0.05) is 6.92 Å². The number of hydrogen-bond acceptors (Lipinski definition) is 3. The normalized spacial score (nSPS) is 35.2. The van der Waals surface area contributed by atoms with Crippen LogP contribution in [0.1, 0.15) is 51.9 Å². The largest absolute Gasteiger partial charge is 0.394 e. The number of rotatable bonds is 5. The minimum Gasteiger partial charge on any atom is -0.394 e. The van der Waals surface area contributed by atoms with Crippen LogP contribution in [0.4, 0.5) is 0 Å². The molecular formula is C14H24N2O. The van der Waals surface area contributed by atoms with Crippen molar-refractivity contribution in [3.63, 3.8) is 0 Å². The molecule has 2 aliphatic carbocycles. The molecule has 2 rings (SSSR count). The van der Waals surface area contributed by atoms with Crippen LogP contribution in [0, 0.1) is 22.7 Å². The summed E-state index contributed by atoms with van der Waals surface area (Å²) >= 11 is 0. The molecule has 3 heteroatoms. The molecule has 96 valence electrons. The standard InChI is InChI=1S/C14H24N2O/c1-12-2-4-14(11-17,5-3-12)16-10-13(6-7-13)8-9-15/h12,16-17H,2-8,10-11H2,1H3. The third-order valence-corrected chi connectivity index (χ3v) is 4.78. The van der Waals surface area contributed by atoms with E-state index in [4.69, 9.17) is 5.26 Å². The Bertz CT molecular complexity index is 296. The Morgan fingerprint density at radius 1 is 1.29 bits per heavy atom. The van der Waals surface area contributed by atoms with Crippen LogP contribution in [0.15, 0.2) is 0 Å². The van der Waals surface area contributed by atoms with E-state index in [2.05, 4.69) is 18.3 Å². The van der Waals surface area contributed by atoms with Gasteiger partial charge in [-0.3, -0.25) is 0 Å². The van der Waals surface area contributed by atoms with Crippen LogP contribution in [0.5, 0.6) is 0 Å². The highest BCUT2D eigenvalue weighted by molar-refractivity contribution is 5.03. The van der Waals surface area contributed by atoms with Gasteiger partial charge in [-0.2, -0.15) is 5.26 Å². The maximum absolute atomic E-state index is 9.65. The van der Waals surface area contributed by atoms with Gasteiger partial charge in [0.2, 0.25) is 0 Å². The van der Waals surface area contributed by atoms with E-state index in [1.165, 1.54) is 25.7 Å². The van der Waals surface area contributed by atoms with Crippen molar-refractivity contribution in [2.75, 3.05) is 13.2 Å². The maximum Gasteiger partial charge on any atom is 0.0628 e. The predicted molar refractivity (Wildman–Crippen MR) is 67.3 cm³/mol. The SMILES string of the molecule is CC1CCC(CO)(NCC2(CC#N)CC2)CC1. The third-order valence-electron chi connectivity index (χ3n) is 4.78. The number of nitrogens with one attached hydrogen (secondary N) is 1. The Balaban J connectivity index is 1.86. The monoisotopic (exact) mass is 236 g/mol. The summed E-state index contributed by atoms with van der Waals surface area (Å²) in [4.78, 5) is 0. The highest BCUT2D eigenvalue weighted by Gasteiger charge is 2.44. The summed E-state index contributed by atoms with van der Waals surface area (Å²) < 4.78 is 0. The predicted octanol–water partition coefficient (Wildman–Crippen LogP) is 2.21. The van der Waals surface area contributed by atoms with Gasteiger partial charge >= 0.3 is 0 Å². The first kappa shape index (κ1) is 12.9. The quantitative estimate of drug-likeness (QED) is 0.769. The lowest BCUT2D eigenvalue weighted by Crippen LogP contribution is -2.52. The molecule has 0 amide bonds. The second-order valence-electron chi connectivity index (χ2n) is 6.31. The van der Waals surface area contributed by atoms with Gasteiger partial charge < -0.3 is 10.4 Å². The highest BCUT2D eigenvalue weighted by atomic mass is 16.3. The van der Waals surface area contributed by atoms with Gasteiger partial charge in [0.1, 0.15) is 0 Å². The van der Waals surface area contributed by atoms with Crippen LogP contribution < -0.4 is 5.32 Å². The van der Waals surface area contributed by atoms with Crippen LogP contribution in [0.3, 0.4) is 0 Å². The van der Waals surface area contributed by atoms with Crippen LogP contribution >= 0.6 is 0 Å². The number of aliphatic hydroxyl groups excluding tert-OH is 1. The molecule has 0 aromatic rings. The molecule has 0 heterocycles. The summed E-state index contributed by atoms with van der Waals surface area (Å²) in [5, 5.41) is 22.0. The van der Waals surface area contributed by atoms with Crippen molar-refractivity contribution >= 4 is 0 Å². The molecule has 0 saturated heterocycles. The van der Waals surface area contributed by atoms with Crippen molar-refractivity contribution in [3.8, 4) is 6.07 Å². The molecular weight excluding hydrogens is 212 g/mol. The zero-order valence-corrected chi connectivity index (χ0v) is 10.8. The molecule has 0 atom stereocenters. The smallest absolute Gasteiger partial charge is 0.0628 e. The first-order valence-electron chi connectivity index (χ1n) is 6.87. The fourth-order valence-corrected chi connectivity index (χ4v) is 2.84. The van der Waals surface area contributed by atoms with Crippen LogP contribution in [-0.4, -0.2) is 23.8 Å². The van der Waals surface area contributed by atoms with Gasteiger partial charge in [0.15, 0.2) is 0 Å². The molecule has 2 aliphatic rings. The van der Waals surface area contributed by atoms with Gasteiger partial charge in [-0.15, -0.1) is 0 Å². The minimum absolute atomic E-state index is 0.0580. The summed E-state index contributed by atoms with van der Waals surface area (Å²) in [6.07, 6.45) is 7.58. The molecule has 2 saturated carbocycles. The van der Waals surface area contributed by atoms with Gasteiger partial charge in [0, 0.05) is 18.5 Å². The van der Waals surface area contributed by atoms with Gasteiger partial charge in [-0.25, -0.2) is 0 Å². The summed E-state index contributed by atoms with van der Waals surface area (Å²) in [6.45, 7) is 3.44. The van der Waals surface area contributed by atoms with Crippen LogP contribution in [0.2, 0.25) is 0 Å². The summed E-state index contributed by atoms with van der Waals surface area (Å²) in [5.41, 5.74) is 0.178. The fraction of sp³-hybridized carbons (Fsp3) is 0.929. The minimum atomic E-state index is -0.0580. The Morgan fingerprint density at radius 3 is 2.41 bits per heavy atom. The number of nitrogens with zero attached hydrogens (tertiary/aromatic N) is 1. The van der Waals surface area contributed by atoms with Crippen LogP contribution in [-0.2, 0) is 0 Å². The Morgan fingerprint density at radius 2 is 1.94 bits per heavy atom. The molecule has 0 aromatic carbocycles. The van der Waals surface area contributed by atoms with E-state index in [1.807, 2.05) is 0 Å². The molecule has 0 bridgehead atoms. The first-order valence-corrected chi connectivity index (χ1v) is 6.87. The lowest BCUT2D eigenvalue weighted by atomic mass is 9.77. The maximum atomic E-state index is 9.65. The van der Waals surface area contributed by atoms with E-state index >= 15 is 0 Å². The average molecular weight is 236 g/mol. The average Bonchev–Trinajstić information content (AvgIpc) is 3.10. The van der Waals surface area contributed by atoms with E-state index in [-0.39, 0.29) is 17.6 Å². The molecule has 0 radical (unpaired) electrons. The lowest BCUT2D eigenvalue weighted by Gasteiger charge is -2.40. The second-order valence-corrected chi connectivity index (χ2v) is 6.31. The van der Waals surface area contributed by atoms with Crippen LogP contribution in [0.25, 0.3) is 0 Å². The van der Waals surface area contributed by atoms with Crippen molar-refractivity contribution in [1.82, 2.24) is 5.32 Å². The Hall–Kier alpha value is -0.590. The van der Waals surface area contributed by atoms with E-state index < -0.39 is 0 Å². The van der Waals surface area contributed by atoms with Crippen molar-refractivity contribution in [1.29, 1.82) is 5.26 Å². The van der Waals surface area contributed by atoms with Crippen molar-refractivity contribution < 1.29 is 5.11 Å². The topological polar surface area (TPSA) is 56.0 Å². The first-order chi connectivity index (χ1) is 8.14. The molecule has 0 aromatic heterocycles. The second kappa shape index (κ2) is 4.96. The summed E-state index contributed by atoms with van der Waals surface area (Å²) in [7, 11) is 0. The molecule has 0 aliphatic heterocycles. The number of aliphatic hydroxyl groups is 1. The number of hydrogen-bond donors (Lipinski definition) is 2. The van der Waals surface area contributed by atoms with Gasteiger partial charge in [0.25, 0.3) is 0 Å². The van der Waals surface area contributed by atoms with Gasteiger partial charge in [0.05, 0.1) is 12.7 Å². The van der Waals surface area contributed by atoms with E-state index in [0.29, 0.717) is 6.42 Å². The fourth-order valence-electron chi connectivity index (χ4n) is 2.84. The molecule has 0 unspecified atom stereocenters. The Labute approximate surface area is 104 Å².